The highest BCUT2D eigenvalue weighted by atomic mass is 32.2. The lowest BCUT2D eigenvalue weighted by molar-refractivity contribution is -0.127. The topological polar surface area (TPSA) is 38.3 Å². The maximum absolute atomic E-state index is 12.2. The van der Waals surface area contributed by atoms with E-state index in [0.29, 0.717) is 12.3 Å². The van der Waals surface area contributed by atoms with Gasteiger partial charge in [-0.1, -0.05) is 48.5 Å². The summed E-state index contributed by atoms with van der Waals surface area (Å²) in [6.07, 6.45) is -0.525. The van der Waals surface area contributed by atoms with E-state index in [1.54, 1.807) is 18.7 Å². The molecular weight excluding hydrogens is 330 g/mol. The molecular formula is C21H21NO2S. The summed E-state index contributed by atoms with van der Waals surface area (Å²) in [5, 5.41) is 5.19. The standard InChI is InChI=1S/C21H21NO2S/c1-16(21(23)22-13-14-25-20-9-3-2-4-10-20)24-19-12-11-17-7-5-6-8-18(17)15-19/h2-12,15-16H,13-14H2,1H3,(H,22,23)/t16-/m1/s1. The molecule has 1 N–H and O–H groups in total. The number of hydrogen-bond acceptors (Lipinski definition) is 3. The Morgan fingerprint density at radius 2 is 1.72 bits per heavy atom. The van der Waals surface area contributed by atoms with Crippen molar-refractivity contribution >= 4 is 28.4 Å². The van der Waals surface area contributed by atoms with E-state index in [9.17, 15) is 4.79 Å². The third kappa shape index (κ3) is 5.00. The van der Waals surface area contributed by atoms with Crippen LogP contribution in [-0.2, 0) is 4.79 Å². The molecule has 0 aliphatic heterocycles. The smallest absolute Gasteiger partial charge is 0.260 e. The number of thioether (sulfide) groups is 1. The summed E-state index contributed by atoms with van der Waals surface area (Å²) in [6.45, 7) is 2.39. The van der Waals surface area contributed by atoms with Crippen molar-refractivity contribution in [3.05, 3.63) is 72.8 Å². The molecule has 128 valence electrons. The van der Waals surface area contributed by atoms with Crippen LogP contribution in [0.3, 0.4) is 0 Å². The van der Waals surface area contributed by atoms with Gasteiger partial charge in [-0.05, 0) is 42.0 Å². The molecule has 0 saturated carbocycles. The summed E-state index contributed by atoms with van der Waals surface area (Å²) in [5.74, 6) is 1.44. The number of nitrogens with one attached hydrogen (secondary N) is 1. The van der Waals surface area contributed by atoms with E-state index in [2.05, 4.69) is 23.5 Å². The Labute approximate surface area is 152 Å². The molecule has 0 aliphatic carbocycles. The third-order valence-corrected chi connectivity index (χ3v) is 4.83. The molecule has 3 aromatic rings. The lowest BCUT2D eigenvalue weighted by Crippen LogP contribution is -2.37. The zero-order chi connectivity index (χ0) is 17.5. The normalized spacial score (nSPS) is 11.9. The number of ether oxygens (including phenoxy) is 1. The Hall–Kier alpha value is -2.46. The lowest BCUT2D eigenvalue weighted by Gasteiger charge is -2.15. The number of hydrogen-bond donors (Lipinski definition) is 1. The average Bonchev–Trinajstić information content (AvgIpc) is 2.65. The number of carbonyl (C=O) groups is 1. The summed E-state index contributed by atoms with van der Waals surface area (Å²) in [4.78, 5) is 13.4. The van der Waals surface area contributed by atoms with Crippen molar-refractivity contribution in [2.45, 2.75) is 17.9 Å². The SMILES string of the molecule is C[C@@H](Oc1ccc2ccccc2c1)C(=O)NCCSc1ccccc1. The molecule has 0 heterocycles. The molecule has 0 aromatic heterocycles. The first-order valence-electron chi connectivity index (χ1n) is 8.33. The van der Waals surface area contributed by atoms with Crippen LogP contribution in [0.5, 0.6) is 5.75 Å². The van der Waals surface area contributed by atoms with E-state index < -0.39 is 6.10 Å². The maximum atomic E-state index is 12.2. The van der Waals surface area contributed by atoms with Gasteiger partial charge in [0, 0.05) is 17.2 Å². The van der Waals surface area contributed by atoms with Crippen LogP contribution in [0.1, 0.15) is 6.92 Å². The molecule has 3 rings (SSSR count). The molecule has 1 amide bonds. The van der Waals surface area contributed by atoms with E-state index >= 15 is 0 Å². The van der Waals surface area contributed by atoms with Crippen LogP contribution in [0.25, 0.3) is 10.8 Å². The third-order valence-electron chi connectivity index (χ3n) is 3.82. The number of benzene rings is 3. The zero-order valence-corrected chi connectivity index (χ0v) is 15.0. The minimum Gasteiger partial charge on any atom is -0.481 e. The fraction of sp³-hybridized carbons (Fsp3) is 0.190. The van der Waals surface area contributed by atoms with E-state index in [4.69, 9.17) is 4.74 Å². The highest BCUT2D eigenvalue weighted by molar-refractivity contribution is 7.99. The van der Waals surface area contributed by atoms with Gasteiger partial charge < -0.3 is 10.1 Å². The Morgan fingerprint density at radius 3 is 2.52 bits per heavy atom. The first kappa shape index (κ1) is 17.4. The minimum atomic E-state index is -0.525. The summed E-state index contributed by atoms with van der Waals surface area (Å²) >= 11 is 1.72. The molecule has 0 radical (unpaired) electrons. The van der Waals surface area contributed by atoms with Crippen LogP contribution in [0.15, 0.2) is 77.7 Å². The number of rotatable bonds is 7. The van der Waals surface area contributed by atoms with Gasteiger partial charge in [-0.25, -0.2) is 0 Å². The van der Waals surface area contributed by atoms with Gasteiger partial charge >= 0.3 is 0 Å². The van der Waals surface area contributed by atoms with Gasteiger partial charge in [0.1, 0.15) is 5.75 Å². The Bertz CT molecular complexity index is 835. The van der Waals surface area contributed by atoms with E-state index in [1.807, 2.05) is 54.6 Å². The summed E-state index contributed by atoms with van der Waals surface area (Å²) < 4.78 is 5.78. The van der Waals surface area contributed by atoms with Crippen molar-refractivity contribution in [2.24, 2.45) is 0 Å². The molecule has 0 aliphatic rings. The van der Waals surface area contributed by atoms with Crippen molar-refractivity contribution in [3.8, 4) is 5.75 Å². The van der Waals surface area contributed by atoms with Crippen LogP contribution in [0.2, 0.25) is 0 Å². The van der Waals surface area contributed by atoms with Gasteiger partial charge in [-0.15, -0.1) is 11.8 Å². The number of carbonyl (C=O) groups excluding carboxylic acids is 1. The van der Waals surface area contributed by atoms with Gasteiger partial charge in [0.2, 0.25) is 0 Å². The molecule has 0 fully saturated rings. The van der Waals surface area contributed by atoms with E-state index in [1.165, 1.54) is 4.90 Å². The molecule has 3 aromatic carbocycles. The van der Waals surface area contributed by atoms with Crippen molar-refractivity contribution in [3.63, 3.8) is 0 Å². The second kappa shape index (κ2) is 8.58. The first-order valence-corrected chi connectivity index (χ1v) is 9.32. The molecule has 4 heteroatoms. The van der Waals surface area contributed by atoms with Crippen LogP contribution >= 0.6 is 11.8 Å². The van der Waals surface area contributed by atoms with Gasteiger partial charge in [0.05, 0.1) is 0 Å². The number of amides is 1. The predicted molar refractivity (Wildman–Crippen MR) is 104 cm³/mol. The lowest BCUT2D eigenvalue weighted by atomic mass is 10.1. The van der Waals surface area contributed by atoms with Crippen LogP contribution < -0.4 is 10.1 Å². The number of fused-ring (bicyclic) bond motifs is 1. The Kier molecular flexibility index (Phi) is 5.96. The molecule has 0 bridgehead atoms. The van der Waals surface area contributed by atoms with E-state index in [-0.39, 0.29) is 5.91 Å². The van der Waals surface area contributed by atoms with Crippen molar-refractivity contribution in [1.82, 2.24) is 5.32 Å². The quantitative estimate of drug-likeness (QED) is 0.502. The van der Waals surface area contributed by atoms with Crippen molar-refractivity contribution in [2.75, 3.05) is 12.3 Å². The van der Waals surface area contributed by atoms with Gasteiger partial charge in [0.25, 0.3) is 5.91 Å². The molecule has 1 atom stereocenters. The highest BCUT2D eigenvalue weighted by Gasteiger charge is 2.14. The Balaban J connectivity index is 1.46. The van der Waals surface area contributed by atoms with Gasteiger partial charge in [0.15, 0.2) is 6.10 Å². The molecule has 0 unspecified atom stereocenters. The summed E-state index contributed by atoms with van der Waals surface area (Å²) in [5.41, 5.74) is 0. The maximum Gasteiger partial charge on any atom is 0.260 e. The highest BCUT2D eigenvalue weighted by Crippen LogP contribution is 2.21. The molecule has 0 spiro atoms. The van der Waals surface area contributed by atoms with Crippen LogP contribution in [-0.4, -0.2) is 24.3 Å². The predicted octanol–water partition coefficient (Wildman–Crippen LogP) is 4.52. The Morgan fingerprint density at radius 1 is 1.00 bits per heavy atom. The fourth-order valence-corrected chi connectivity index (χ4v) is 3.29. The molecule has 25 heavy (non-hydrogen) atoms. The summed E-state index contributed by atoms with van der Waals surface area (Å²) in [6, 6.07) is 24.1. The molecule has 0 saturated heterocycles. The minimum absolute atomic E-state index is 0.0955. The van der Waals surface area contributed by atoms with Gasteiger partial charge in [-0.3, -0.25) is 4.79 Å². The van der Waals surface area contributed by atoms with Crippen LogP contribution in [0.4, 0.5) is 0 Å². The summed E-state index contributed by atoms with van der Waals surface area (Å²) in [7, 11) is 0. The van der Waals surface area contributed by atoms with E-state index in [0.717, 1.165) is 16.5 Å². The zero-order valence-electron chi connectivity index (χ0n) is 14.1. The van der Waals surface area contributed by atoms with Crippen molar-refractivity contribution in [1.29, 1.82) is 0 Å². The van der Waals surface area contributed by atoms with Crippen molar-refractivity contribution < 1.29 is 9.53 Å². The van der Waals surface area contributed by atoms with Gasteiger partial charge in [-0.2, -0.15) is 0 Å². The molecule has 3 nitrogen and oxygen atoms in total. The monoisotopic (exact) mass is 351 g/mol. The first-order chi connectivity index (χ1) is 12.2. The second-order valence-corrected chi connectivity index (χ2v) is 6.89. The largest absolute Gasteiger partial charge is 0.481 e. The fourth-order valence-electron chi connectivity index (χ4n) is 2.50. The van der Waals surface area contributed by atoms with Crippen LogP contribution in [0, 0.1) is 0 Å². The second-order valence-electron chi connectivity index (χ2n) is 5.72. The average molecular weight is 351 g/mol.